The Balaban J connectivity index is 1.70. The molecule has 2 fully saturated rings. The Morgan fingerprint density at radius 2 is 2.35 bits per heavy atom. The van der Waals surface area contributed by atoms with E-state index in [-0.39, 0.29) is 24.6 Å². The maximum Gasteiger partial charge on any atom is 0.312 e. The van der Waals surface area contributed by atoms with Gasteiger partial charge in [-0.05, 0) is 25.1 Å². The van der Waals surface area contributed by atoms with Gasteiger partial charge in [0.25, 0.3) is 0 Å². The van der Waals surface area contributed by atoms with E-state index in [1.54, 1.807) is 30.0 Å². The molecular weight excluding hydrogens is 318 g/mol. The summed E-state index contributed by atoms with van der Waals surface area (Å²) in [5.74, 6) is -1.58. The molecule has 0 N–H and O–H groups in total. The SMILES string of the molecule is CCOC(=O)[C@@H]1[C@@H]2C=C[C@]3(CN(c4cccc(Cl)c4)C(=O)[C@H]13)O2. The smallest absolute Gasteiger partial charge is 0.312 e. The minimum absolute atomic E-state index is 0.114. The van der Waals surface area contributed by atoms with Gasteiger partial charge >= 0.3 is 5.97 Å². The van der Waals surface area contributed by atoms with Crippen molar-refractivity contribution in [3.63, 3.8) is 0 Å². The summed E-state index contributed by atoms with van der Waals surface area (Å²) in [7, 11) is 0. The Kier molecular flexibility index (Phi) is 3.25. The molecule has 3 aliphatic heterocycles. The number of esters is 1. The Hall–Kier alpha value is -1.85. The minimum Gasteiger partial charge on any atom is -0.466 e. The third kappa shape index (κ3) is 2.03. The van der Waals surface area contributed by atoms with Crippen molar-refractivity contribution in [3.05, 3.63) is 41.4 Å². The average Bonchev–Trinajstić information content (AvgIpc) is 3.16. The number of anilines is 1. The van der Waals surface area contributed by atoms with E-state index in [9.17, 15) is 9.59 Å². The van der Waals surface area contributed by atoms with Crippen LogP contribution in [-0.2, 0) is 19.1 Å². The molecule has 0 saturated carbocycles. The van der Waals surface area contributed by atoms with Gasteiger partial charge in [0.05, 0.1) is 25.2 Å². The van der Waals surface area contributed by atoms with E-state index in [4.69, 9.17) is 21.1 Å². The zero-order valence-corrected chi connectivity index (χ0v) is 13.3. The number of hydrogen-bond donors (Lipinski definition) is 0. The summed E-state index contributed by atoms with van der Waals surface area (Å²) in [6.45, 7) is 2.43. The van der Waals surface area contributed by atoms with Crippen molar-refractivity contribution in [1.29, 1.82) is 0 Å². The van der Waals surface area contributed by atoms with Crippen molar-refractivity contribution < 1.29 is 19.1 Å². The van der Waals surface area contributed by atoms with Crippen LogP contribution in [0.4, 0.5) is 5.69 Å². The summed E-state index contributed by atoms with van der Waals surface area (Å²) < 4.78 is 11.2. The number of carbonyl (C=O) groups excluding carboxylic acids is 2. The zero-order chi connectivity index (χ0) is 16.2. The summed E-state index contributed by atoms with van der Waals surface area (Å²) in [5, 5.41) is 0.563. The molecule has 1 aromatic rings. The highest BCUT2D eigenvalue weighted by atomic mass is 35.5. The number of fused-ring (bicyclic) bond motifs is 1. The van der Waals surface area contributed by atoms with Gasteiger partial charge in [0.2, 0.25) is 5.91 Å². The van der Waals surface area contributed by atoms with Crippen LogP contribution in [-0.4, -0.2) is 36.7 Å². The summed E-state index contributed by atoms with van der Waals surface area (Å²) in [6.07, 6.45) is 3.41. The molecule has 2 saturated heterocycles. The number of nitrogens with zero attached hydrogens (tertiary/aromatic N) is 1. The second-order valence-electron chi connectivity index (χ2n) is 6.06. The molecule has 120 valence electrons. The fourth-order valence-corrected chi connectivity index (χ4v) is 4.05. The number of rotatable bonds is 3. The normalized spacial score (nSPS) is 34.1. The van der Waals surface area contributed by atoms with Crippen LogP contribution in [0.5, 0.6) is 0 Å². The van der Waals surface area contributed by atoms with Crippen LogP contribution in [0.3, 0.4) is 0 Å². The van der Waals surface area contributed by atoms with Crippen LogP contribution in [0.15, 0.2) is 36.4 Å². The molecular formula is C17H16ClNO4. The molecule has 4 rings (SSSR count). The number of carbonyl (C=O) groups is 2. The molecule has 6 heteroatoms. The highest BCUT2D eigenvalue weighted by molar-refractivity contribution is 6.31. The summed E-state index contributed by atoms with van der Waals surface area (Å²) >= 11 is 6.03. The molecule has 3 aliphatic rings. The van der Waals surface area contributed by atoms with Crippen LogP contribution in [0.2, 0.25) is 5.02 Å². The third-order valence-electron chi connectivity index (χ3n) is 4.78. The van der Waals surface area contributed by atoms with Gasteiger partial charge in [-0.25, -0.2) is 0 Å². The Labute approximate surface area is 138 Å². The van der Waals surface area contributed by atoms with Gasteiger partial charge < -0.3 is 14.4 Å². The van der Waals surface area contributed by atoms with Crippen molar-refractivity contribution in [2.24, 2.45) is 11.8 Å². The fourth-order valence-electron chi connectivity index (χ4n) is 3.87. The Morgan fingerprint density at radius 1 is 1.52 bits per heavy atom. The molecule has 0 radical (unpaired) electrons. The predicted octanol–water partition coefficient (Wildman–Crippen LogP) is 2.19. The van der Waals surface area contributed by atoms with E-state index in [0.29, 0.717) is 17.3 Å². The van der Waals surface area contributed by atoms with E-state index in [2.05, 4.69) is 0 Å². The van der Waals surface area contributed by atoms with Crippen molar-refractivity contribution in [3.8, 4) is 0 Å². The maximum absolute atomic E-state index is 13.0. The molecule has 23 heavy (non-hydrogen) atoms. The first-order valence-electron chi connectivity index (χ1n) is 7.66. The topological polar surface area (TPSA) is 55.8 Å². The standard InChI is InChI=1S/C17H16ClNO4/c1-2-22-16(21)13-12-6-7-17(23-12)9-19(15(20)14(13)17)11-5-3-4-10(18)8-11/h3-8,12-14H,2,9H2,1H3/t12-,13+,14-,17+/m0/s1. The van der Waals surface area contributed by atoms with Gasteiger partial charge in [0.15, 0.2) is 0 Å². The zero-order valence-electron chi connectivity index (χ0n) is 12.6. The molecule has 1 amide bonds. The second kappa shape index (κ2) is 5.08. The molecule has 1 aromatic carbocycles. The number of amides is 1. The van der Waals surface area contributed by atoms with Crippen LogP contribution in [0.25, 0.3) is 0 Å². The van der Waals surface area contributed by atoms with E-state index in [1.807, 2.05) is 18.2 Å². The lowest BCUT2D eigenvalue weighted by Crippen LogP contribution is -2.40. The van der Waals surface area contributed by atoms with Gasteiger partial charge in [-0.15, -0.1) is 0 Å². The first kappa shape index (κ1) is 14.7. The predicted molar refractivity (Wildman–Crippen MR) is 84.2 cm³/mol. The Bertz CT molecular complexity index is 718. The van der Waals surface area contributed by atoms with Gasteiger partial charge in [-0.2, -0.15) is 0 Å². The number of halogens is 1. The fraction of sp³-hybridized carbons (Fsp3) is 0.412. The number of ether oxygens (including phenoxy) is 2. The molecule has 5 nitrogen and oxygen atoms in total. The first-order valence-corrected chi connectivity index (χ1v) is 8.04. The molecule has 0 aromatic heterocycles. The lowest BCUT2D eigenvalue weighted by Gasteiger charge is -2.22. The number of benzene rings is 1. The lowest BCUT2D eigenvalue weighted by molar-refractivity contribution is -0.151. The van der Waals surface area contributed by atoms with Crippen molar-refractivity contribution in [2.45, 2.75) is 18.6 Å². The Morgan fingerprint density at radius 3 is 3.09 bits per heavy atom. The van der Waals surface area contributed by atoms with Gasteiger partial charge in [-0.1, -0.05) is 29.8 Å². The van der Waals surface area contributed by atoms with Gasteiger partial charge in [0, 0.05) is 10.7 Å². The maximum atomic E-state index is 13.0. The second-order valence-corrected chi connectivity index (χ2v) is 6.49. The molecule has 3 heterocycles. The minimum atomic E-state index is -0.735. The molecule has 0 aliphatic carbocycles. The molecule has 4 atom stereocenters. The molecule has 0 unspecified atom stereocenters. The highest BCUT2D eigenvalue weighted by Gasteiger charge is 2.67. The first-order chi connectivity index (χ1) is 11.1. The third-order valence-corrected chi connectivity index (χ3v) is 5.01. The summed E-state index contributed by atoms with van der Waals surface area (Å²) in [4.78, 5) is 26.9. The van der Waals surface area contributed by atoms with Crippen LogP contribution in [0.1, 0.15) is 6.92 Å². The quantitative estimate of drug-likeness (QED) is 0.628. The van der Waals surface area contributed by atoms with Crippen LogP contribution < -0.4 is 4.90 Å². The molecule has 1 spiro atoms. The van der Waals surface area contributed by atoms with Crippen LogP contribution in [0, 0.1) is 11.8 Å². The van der Waals surface area contributed by atoms with Crippen molar-refractivity contribution in [2.75, 3.05) is 18.1 Å². The van der Waals surface area contributed by atoms with Gasteiger partial charge in [0.1, 0.15) is 11.5 Å². The van der Waals surface area contributed by atoms with Gasteiger partial charge in [-0.3, -0.25) is 9.59 Å². The van der Waals surface area contributed by atoms with Crippen LogP contribution >= 0.6 is 11.6 Å². The van der Waals surface area contributed by atoms with E-state index in [0.717, 1.165) is 0 Å². The number of hydrogen-bond acceptors (Lipinski definition) is 4. The van der Waals surface area contributed by atoms with E-state index < -0.39 is 17.4 Å². The molecule has 2 bridgehead atoms. The van der Waals surface area contributed by atoms with E-state index >= 15 is 0 Å². The largest absolute Gasteiger partial charge is 0.466 e. The van der Waals surface area contributed by atoms with E-state index in [1.165, 1.54) is 0 Å². The highest BCUT2D eigenvalue weighted by Crippen LogP contribution is 2.52. The average molecular weight is 334 g/mol. The monoisotopic (exact) mass is 333 g/mol. The summed E-state index contributed by atoms with van der Waals surface area (Å²) in [5.41, 5.74) is -0.0177. The lowest BCUT2D eigenvalue weighted by atomic mass is 9.77. The van der Waals surface area contributed by atoms with Crippen molar-refractivity contribution >= 4 is 29.2 Å². The summed E-state index contributed by atoms with van der Waals surface area (Å²) in [6, 6.07) is 7.13. The van der Waals surface area contributed by atoms with Crippen molar-refractivity contribution in [1.82, 2.24) is 0 Å².